The standard InChI is InChI=1S/C12H15NO5/c1-3-16-12(14)9-11(18-7-15-2)10-8(6-13-9)4-5-17-10/h6H,3-5,7H2,1-2H3. The fraction of sp³-hybridized carbons (Fsp3) is 0.500. The third-order valence-corrected chi connectivity index (χ3v) is 2.47. The first-order valence-corrected chi connectivity index (χ1v) is 5.71. The molecular formula is C12H15NO5. The highest BCUT2D eigenvalue weighted by Gasteiger charge is 2.26. The third kappa shape index (κ3) is 2.38. The summed E-state index contributed by atoms with van der Waals surface area (Å²) < 4.78 is 20.6. The summed E-state index contributed by atoms with van der Waals surface area (Å²) in [5.74, 6) is 0.331. The molecule has 2 heterocycles. The maximum Gasteiger partial charge on any atom is 0.360 e. The summed E-state index contributed by atoms with van der Waals surface area (Å²) in [5.41, 5.74) is 1.05. The van der Waals surface area contributed by atoms with Gasteiger partial charge in [0, 0.05) is 25.3 Å². The molecule has 0 fully saturated rings. The average Bonchev–Trinajstić information content (AvgIpc) is 2.84. The minimum atomic E-state index is -0.526. The Morgan fingerprint density at radius 3 is 3.11 bits per heavy atom. The molecule has 0 atom stereocenters. The van der Waals surface area contributed by atoms with E-state index in [0.29, 0.717) is 18.1 Å². The fourth-order valence-corrected chi connectivity index (χ4v) is 1.71. The van der Waals surface area contributed by atoms with Crippen molar-refractivity contribution in [1.82, 2.24) is 4.98 Å². The van der Waals surface area contributed by atoms with E-state index in [9.17, 15) is 4.79 Å². The quantitative estimate of drug-likeness (QED) is 0.579. The van der Waals surface area contributed by atoms with Crippen molar-refractivity contribution < 1.29 is 23.7 Å². The van der Waals surface area contributed by atoms with Crippen molar-refractivity contribution in [3.63, 3.8) is 0 Å². The van der Waals surface area contributed by atoms with Gasteiger partial charge in [-0.1, -0.05) is 0 Å². The van der Waals surface area contributed by atoms with Crippen LogP contribution in [-0.2, 0) is 15.9 Å². The summed E-state index contributed by atoms with van der Waals surface area (Å²) in [6.07, 6.45) is 2.38. The molecule has 2 rings (SSSR count). The van der Waals surface area contributed by atoms with Gasteiger partial charge in [-0.15, -0.1) is 0 Å². The number of pyridine rings is 1. The topological polar surface area (TPSA) is 66.9 Å². The second kappa shape index (κ2) is 5.68. The van der Waals surface area contributed by atoms with Crippen LogP contribution in [0, 0.1) is 0 Å². The molecule has 98 valence electrons. The number of hydrogen-bond acceptors (Lipinski definition) is 6. The summed E-state index contributed by atoms with van der Waals surface area (Å²) in [5, 5.41) is 0. The van der Waals surface area contributed by atoms with Crippen molar-refractivity contribution in [2.45, 2.75) is 13.3 Å². The SMILES string of the molecule is CCOC(=O)c1ncc2c(c1OCOC)OCC2. The van der Waals surface area contributed by atoms with E-state index in [1.807, 2.05) is 0 Å². The first-order chi connectivity index (χ1) is 8.77. The average molecular weight is 253 g/mol. The third-order valence-electron chi connectivity index (χ3n) is 2.47. The normalized spacial score (nSPS) is 12.8. The number of esters is 1. The molecule has 1 aliphatic rings. The van der Waals surface area contributed by atoms with Crippen LogP contribution in [0.3, 0.4) is 0 Å². The number of ether oxygens (including phenoxy) is 4. The monoisotopic (exact) mass is 253 g/mol. The van der Waals surface area contributed by atoms with E-state index in [0.717, 1.165) is 12.0 Å². The zero-order valence-corrected chi connectivity index (χ0v) is 10.4. The Morgan fingerprint density at radius 1 is 1.56 bits per heavy atom. The Kier molecular flexibility index (Phi) is 3.99. The predicted molar refractivity (Wildman–Crippen MR) is 61.9 cm³/mol. The van der Waals surface area contributed by atoms with Gasteiger partial charge >= 0.3 is 5.97 Å². The van der Waals surface area contributed by atoms with Crippen molar-refractivity contribution in [3.05, 3.63) is 17.5 Å². The van der Waals surface area contributed by atoms with Crippen molar-refractivity contribution in [3.8, 4) is 11.5 Å². The number of fused-ring (bicyclic) bond motifs is 1. The van der Waals surface area contributed by atoms with Gasteiger partial charge in [0.1, 0.15) is 0 Å². The smallest absolute Gasteiger partial charge is 0.360 e. The molecule has 0 unspecified atom stereocenters. The van der Waals surface area contributed by atoms with Gasteiger partial charge in [-0.2, -0.15) is 0 Å². The minimum absolute atomic E-state index is 0.0217. The second-order valence-corrected chi connectivity index (χ2v) is 3.66. The Morgan fingerprint density at radius 2 is 2.39 bits per heavy atom. The van der Waals surface area contributed by atoms with Gasteiger partial charge in [0.15, 0.2) is 24.0 Å². The van der Waals surface area contributed by atoms with Gasteiger partial charge in [0.05, 0.1) is 13.2 Å². The molecular weight excluding hydrogens is 238 g/mol. The van der Waals surface area contributed by atoms with Crippen molar-refractivity contribution in [2.24, 2.45) is 0 Å². The molecule has 0 bridgehead atoms. The Balaban J connectivity index is 2.36. The molecule has 1 aromatic heterocycles. The van der Waals surface area contributed by atoms with Crippen LogP contribution in [0.15, 0.2) is 6.20 Å². The maximum absolute atomic E-state index is 11.8. The van der Waals surface area contributed by atoms with Crippen LogP contribution < -0.4 is 9.47 Å². The van der Waals surface area contributed by atoms with Crippen LogP contribution >= 0.6 is 0 Å². The number of aromatic nitrogens is 1. The number of carbonyl (C=O) groups excluding carboxylic acids is 1. The number of nitrogens with zero attached hydrogens (tertiary/aromatic N) is 1. The molecule has 0 aliphatic carbocycles. The lowest BCUT2D eigenvalue weighted by Crippen LogP contribution is -2.12. The fourth-order valence-electron chi connectivity index (χ4n) is 1.71. The van der Waals surface area contributed by atoms with E-state index < -0.39 is 5.97 Å². The summed E-state index contributed by atoms with van der Waals surface area (Å²) in [6, 6.07) is 0. The number of hydrogen-bond donors (Lipinski definition) is 0. The van der Waals surface area contributed by atoms with Crippen molar-refractivity contribution in [1.29, 1.82) is 0 Å². The van der Waals surface area contributed by atoms with Gasteiger partial charge in [0.25, 0.3) is 0 Å². The highest BCUT2D eigenvalue weighted by Crippen LogP contribution is 2.37. The van der Waals surface area contributed by atoms with E-state index >= 15 is 0 Å². The molecule has 0 saturated heterocycles. The van der Waals surface area contributed by atoms with Gasteiger partial charge in [-0.25, -0.2) is 9.78 Å². The van der Waals surface area contributed by atoms with Crippen LogP contribution in [0.5, 0.6) is 11.5 Å². The summed E-state index contributed by atoms with van der Waals surface area (Å²) in [7, 11) is 1.50. The van der Waals surface area contributed by atoms with E-state index in [-0.39, 0.29) is 19.1 Å². The predicted octanol–water partition coefficient (Wildman–Crippen LogP) is 1.18. The Bertz CT molecular complexity index is 446. The number of rotatable bonds is 5. The van der Waals surface area contributed by atoms with Gasteiger partial charge in [-0.05, 0) is 6.92 Å². The highest BCUT2D eigenvalue weighted by molar-refractivity contribution is 5.91. The van der Waals surface area contributed by atoms with Crippen LogP contribution in [0.25, 0.3) is 0 Å². The molecule has 1 aromatic rings. The zero-order chi connectivity index (χ0) is 13.0. The van der Waals surface area contributed by atoms with E-state index in [2.05, 4.69) is 4.98 Å². The van der Waals surface area contributed by atoms with Crippen molar-refractivity contribution in [2.75, 3.05) is 27.1 Å². The molecule has 1 aliphatic heterocycles. The van der Waals surface area contributed by atoms with Gasteiger partial charge in [-0.3, -0.25) is 0 Å². The number of carbonyl (C=O) groups is 1. The summed E-state index contributed by atoms with van der Waals surface area (Å²) >= 11 is 0. The van der Waals surface area contributed by atoms with Gasteiger partial charge < -0.3 is 18.9 Å². The molecule has 0 N–H and O–H groups in total. The van der Waals surface area contributed by atoms with E-state index in [1.54, 1.807) is 13.1 Å². The van der Waals surface area contributed by atoms with Gasteiger partial charge in [0.2, 0.25) is 0 Å². The van der Waals surface area contributed by atoms with E-state index in [1.165, 1.54) is 7.11 Å². The molecule has 6 nitrogen and oxygen atoms in total. The first kappa shape index (κ1) is 12.6. The first-order valence-electron chi connectivity index (χ1n) is 5.71. The van der Waals surface area contributed by atoms with Crippen LogP contribution in [-0.4, -0.2) is 38.1 Å². The summed E-state index contributed by atoms with van der Waals surface area (Å²) in [6.45, 7) is 2.60. The molecule has 6 heteroatoms. The minimum Gasteiger partial charge on any atom is -0.489 e. The molecule has 0 aromatic carbocycles. The molecule has 18 heavy (non-hydrogen) atoms. The lowest BCUT2D eigenvalue weighted by molar-refractivity contribution is 0.0415. The maximum atomic E-state index is 11.8. The van der Waals surface area contributed by atoms with Crippen LogP contribution in [0.4, 0.5) is 0 Å². The highest BCUT2D eigenvalue weighted by atomic mass is 16.7. The summed E-state index contributed by atoms with van der Waals surface area (Å²) in [4.78, 5) is 15.9. The molecule has 0 saturated carbocycles. The largest absolute Gasteiger partial charge is 0.489 e. The molecule has 0 radical (unpaired) electrons. The molecule has 0 amide bonds. The number of methoxy groups -OCH3 is 1. The zero-order valence-electron chi connectivity index (χ0n) is 10.4. The van der Waals surface area contributed by atoms with Crippen LogP contribution in [0.2, 0.25) is 0 Å². The lowest BCUT2D eigenvalue weighted by Gasteiger charge is -2.12. The van der Waals surface area contributed by atoms with Crippen LogP contribution in [0.1, 0.15) is 23.0 Å². The van der Waals surface area contributed by atoms with Crippen molar-refractivity contribution >= 4 is 5.97 Å². The second-order valence-electron chi connectivity index (χ2n) is 3.66. The van der Waals surface area contributed by atoms with E-state index in [4.69, 9.17) is 18.9 Å². The Hall–Kier alpha value is -1.82. The lowest BCUT2D eigenvalue weighted by atomic mass is 10.2. The molecule has 0 spiro atoms. The Labute approximate surface area is 105 Å².